The van der Waals surface area contributed by atoms with Crippen LogP contribution in [0, 0.1) is 12.9 Å². The summed E-state index contributed by atoms with van der Waals surface area (Å²) in [6.45, 7) is 5.52. The van der Waals surface area contributed by atoms with E-state index in [1.165, 1.54) is 6.07 Å². The van der Waals surface area contributed by atoms with Crippen molar-refractivity contribution in [3.63, 3.8) is 0 Å². The minimum absolute atomic E-state index is 0.505. The molecule has 0 fully saturated rings. The number of hydrogen-bond acceptors (Lipinski definition) is 4. The maximum Gasteiger partial charge on any atom is 0.213 e. The summed E-state index contributed by atoms with van der Waals surface area (Å²) in [6, 6.07) is 6.78. The molecule has 0 spiro atoms. The molecule has 4 aromatic heterocycles. The van der Waals surface area contributed by atoms with E-state index in [-0.39, 0.29) is 0 Å². The first-order valence-electron chi connectivity index (χ1n) is 8.61. The van der Waals surface area contributed by atoms with E-state index in [1.54, 1.807) is 18.3 Å². The molecule has 0 N–H and O–H groups in total. The van der Waals surface area contributed by atoms with Gasteiger partial charge < -0.3 is 9.13 Å². The van der Waals surface area contributed by atoms with Gasteiger partial charge in [-0.2, -0.15) is 4.39 Å². The van der Waals surface area contributed by atoms with Gasteiger partial charge in [0.25, 0.3) is 0 Å². The van der Waals surface area contributed by atoms with Crippen LogP contribution in [0.1, 0.15) is 24.9 Å². The summed E-state index contributed by atoms with van der Waals surface area (Å²) in [5, 5.41) is 0. The zero-order valence-corrected chi connectivity index (χ0v) is 14.7. The predicted molar refractivity (Wildman–Crippen MR) is 97.1 cm³/mol. The molecule has 0 unspecified atom stereocenters. The molecule has 0 bridgehead atoms. The number of fused-ring (bicyclic) bond motifs is 1. The van der Waals surface area contributed by atoms with Gasteiger partial charge in [0, 0.05) is 24.6 Å². The molecule has 4 heterocycles. The Kier molecular flexibility index (Phi) is 4.20. The lowest BCUT2D eigenvalue weighted by Gasteiger charge is -2.10. The van der Waals surface area contributed by atoms with Gasteiger partial charge in [0.1, 0.15) is 17.0 Å². The van der Waals surface area contributed by atoms with Crippen LogP contribution < -0.4 is 0 Å². The zero-order chi connectivity index (χ0) is 18.1. The largest absolute Gasteiger partial charge is 0.326 e. The van der Waals surface area contributed by atoms with E-state index in [2.05, 4.69) is 32.5 Å². The van der Waals surface area contributed by atoms with Gasteiger partial charge in [-0.25, -0.2) is 15.0 Å². The van der Waals surface area contributed by atoms with Crippen LogP contribution in [0.15, 0.2) is 42.9 Å². The SMILES string of the molecule is CCCn1c(Cn2ccnc2-c2cccc(F)n2)nc2cnc(C)cc21. The molecule has 132 valence electrons. The number of rotatable bonds is 5. The van der Waals surface area contributed by atoms with Gasteiger partial charge in [0.15, 0.2) is 5.82 Å². The van der Waals surface area contributed by atoms with E-state index in [4.69, 9.17) is 4.98 Å². The van der Waals surface area contributed by atoms with Crippen LogP contribution in [0.5, 0.6) is 0 Å². The summed E-state index contributed by atoms with van der Waals surface area (Å²) in [6.07, 6.45) is 6.37. The number of halogens is 1. The highest BCUT2D eigenvalue weighted by molar-refractivity contribution is 5.75. The Morgan fingerprint density at radius 3 is 2.85 bits per heavy atom. The van der Waals surface area contributed by atoms with Gasteiger partial charge in [-0.1, -0.05) is 13.0 Å². The maximum absolute atomic E-state index is 13.5. The number of aromatic nitrogens is 6. The second-order valence-corrected chi connectivity index (χ2v) is 6.22. The van der Waals surface area contributed by atoms with Crippen molar-refractivity contribution < 1.29 is 4.39 Å². The molecule has 0 amide bonds. The monoisotopic (exact) mass is 350 g/mol. The standard InChI is InChI=1S/C19H19FN6/c1-3-8-26-16-10-13(2)22-11-15(16)24-18(26)12-25-9-7-21-19(25)14-5-4-6-17(20)23-14/h4-7,9-11H,3,8,12H2,1-2H3. The van der Waals surface area contributed by atoms with Crippen LogP contribution in [0.25, 0.3) is 22.6 Å². The highest BCUT2D eigenvalue weighted by atomic mass is 19.1. The second kappa shape index (κ2) is 6.67. The summed E-state index contributed by atoms with van der Waals surface area (Å²) >= 11 is 0. The van der Waals surface area contributed by atoms with Gasteiger partial charge in [0.05, 0.1) is 18.3 Å². The molecule has 0 saturated heterocycles. The summed E-state index contributed by atoms with van der Waals surface area (Å²) in [7, 11) is 0. The topological polar surface area (TPSA) is 61.4 Å². The number of nitrogens with zero attached hydrogens (tertiary/aromatic N) is 6. The third-order valence-electron chi connectivity index (χ3n) is 4.27. The van der Waals surface area contributed by atoms with Gasteiger partial charge in [-0.3, -0.25) is 4.98 Å². The average molecular weight is 350 g/mol. The lowest BCUT2D eigenvalue weighted by Crippen LogP contribution is -2.10. The Morgan fingerprint density at radius 1 is 1.15 bits per heavy atom. The molecule has 0 atom stereocenters. The third-order valence-corrected chi connectivity index (χ3v) is 4.27. The van der Waals surface area contributed by atoms with Crippen LogP contribution in [0.2, 0.25) is 0 Å². The molecule has 0 radical (unpaired) electrons. The summed E-state index contributed by atoms with van der Waals surface area (Å²) in [5.41, 5.74) is 3.43. The van der Waals surface area contributed by atoms with Crippen LogP contribution in [0.3, 0.4) is 0 Å². The lowest BCUT2D eigenvalue weighted by molar-refractivity contribution is 0.583. The van der Waals surface area contributed by atoms with Crippen molar-refractivity contribution in [1.82, 2.24) is 29.1 Å². The highest BCUT2D eigenvalue weighted by Crippen LogP contribution is 2.21. The van der Waals surface area contributed by atoms with Crippen LogP contribution in [0.4, 0.5) is 4.39 Å². The molecule has 4 rings (SSSR count). The van der Waals surface area contributed by atoms with E-state index < -0.39 is 5.95 Å². The molecule has 26 heavy (non-hydrogen) atoms. The highest BCUT2D eigenvalue weighted by Gasteiger charge is 2.14. The number of imidazole rings is 2. The fraction of sp³-hybridized carbons (Fsp3) is 0.263. The molecule has 6 nitrogen and oxygen atoms in total. The zero-order valence-electron chi connectivity index (χ0n) is 14.7. The molecule has 0 aliphatic carbocycles. The Hall–Kier alpha value is -3.09. The van der Waals surface area contributed by atoms with Crippen molar-refractivity contribution >= 4 is 11.0 Å². The molecular weight excluding hydrogens is 331 g/mol. The second-order valence-electron chi connectivity index (χ2n) is 6.22. The fourth-order valence-electron chi connectivity index (χ4n) is 3.13. The lowest BCUT2D eigenvalue weighted by atomic mass is 10.3. The number of pyridine rings is 2. The first-order valence-corrected chi connectivity index (χ1v) is 8.61. The summed E-state index contributed by atoms with van der Waals surface area (Å²) < 4.78 is 17.6. The predicted octanol–water partition coefficient (Wildman–Crippen LogP) is 3.60. The van der Waals surface area contributed by atoms with Crippen molar-refractivity contribution in [2.24, 2.45) is 0 Å². The normalized spacial score (nSPS) is 11.3. The van der Waals surface area contributed by atoms with E-state index in [1.807, 2.05) is 23.9 Å². The van der Waals surface area contributed by atoms with Gasteiger partial charge in [-0.05, 0) is 31.5 Å². The van der Waals surface area contributed by atoms with Crippen LogP contribution in [-0.2, 0) is 13.1 Å². The van der Waals surface area contributed by atoms with Crippen molar-refractivity contribution in [1.29, 1.82) is 0 Å². The quantitative estimate of drug-likeness (QED) is 0.516. The molecule has 0 aliphatic rings. The van der Waals surface area contributed by atoms with Crippen molar-refractivity contribution in [3.8, 4) is 11.5 Å². The van der Waals surface area contributed by atoms with Crippen LogP contribution in [-0.4, -0.2) is 29.1 Å². The average Bonchev–Trinajstić information content (AvgIpc) is 3.21. The minimum atomic E-state index is -0.517. The molecule has 0 saturated carbocycles. The maximum atomic E-state index is 13.5. The third kappa shape index (κ3) is 2.96. The minimum Gasteiger partial charge on any atom is -0.326 e. The Bertz CT molecular complexity index is 1070. The van der Waals surface area contributed by atoms with Gasteiger partial charge in [0.2, 0.25) is 5.95 Å². The van der Waals surface area contributed by atoms with Crippen molar-refractivity contribution in [2.45, 2.75) is 33.4 Å². The molecule has 4 aromatic rings. The van der Waals surface area contributed by atoms with Gasteiger partial charge >= 0.3 is 0 Å². The first-order chi connectivity index (χ1) is 12.7. The smallest absolute Gasteiger partial charge is 0.213 e. The van der Waals surface area contributed by atoms with E-state index in [0.717, 1.165) is 35.5 Å². The molecule has 0 aromatic carbocycles. The van der Waals surface area contributed by atoms with Crippen LogP contribution >= 0.6 is 0 Å². The number of aryl methyl sites for hydroxylation is 2. The summed E-state index contributed by atoms with van der Waals surface area (Å²) in [4.78, 5) is 17.4. The van der Waals surface area contributed by atoms with E-state index >= 15 is 0 Å². The van der Waals surface area contributed by atoms with Crippen molar-refractivity contribution in [2.75, 3.05) is 0 Å². The van der Waals surface area contributed by atoms with E-state index in [9.17, 15) is 4.39 Å². The molecule has 7 heteroatoms. The summed E-state index contributed by atoms with van der Waals surface area (Å²) in [5.74, 6) is 1.02. The number of hydrogen-bond donors (Lipinski definition) is 0. The molecular formula is C19H19FN6. The molecule has 0 aliphatic heterocycles. The first kappa shape index (κ1) is 16.4. The Balaban J connectivity index is 1.77. The van der Waals surface area contributed by atoms with Crippen molar-refractivity contribution in [3.05, 3.63) is 60.3 Å². The Morgan fingerprint density at radius 2 is 2.04 bits per heavy atom. The Labute approximate surface area is 150 Å². The van der Waals surface area contributed by atoms with Gasteiger partial charge in [-0.15, -0.1) is 0 Å². The fourth-order valence-corrected chi connectivity index (χ4v) is 3.13. The van der Waals surface area contributed by atoms with E-state index in [0.29, 0.717) is 18.1 Å².